The minimum Gasteiger partial charge on any atom is -0.383 e. The molecule has 0 amide bonds. The van der Waals surface area contributed by atoms with Crippen molar-refractivity contribution >= 4 is 5.78 Å². The van der Waals surface area contributed by atoms with Gasteiger partial charge in [0.2, 0.25) is 0 Å². The number of nitrogens with zero attached hydrogens (tertiary/aromatic N) is 1. The van der Waals surface area contributed by atoms with Gasteiger partial charge in [0.25, 0.3) is 0 Å². The van der Waals surface area contributed by atoms with Gasteiger partial charge in [-0.3, -0.25) is 9.69 Å². The molecule has 0 bridgehead atoms. The molecule has 0 saturated carbocycles. The zero-order valence-corrected chi connectivity index (χ0v) is 12.0. The molecule has 0 saturated heterocycles. The number of likely N-dealkylation sites (N-methyl/N-ethyl adjacent to an activating group) is 1. The lowest BCUT2D eigenvalue weighted by atomic mass is 10.0. The van der Waals surface area contributed by atoms with E-state index in [1.807, 2.05) is 20.8 Å². The third-order valence-corrected chi connectivity index (χ3v) is 3.34. The number of carbonyl (C=O) groups is 1. The summed E-state index contributed by atoms with van der Waals surface area (Å²) >= 11 is 0. The Morgan fingerprint density at radius 1 is 1.32 bits per heavy atom. The fraction of sp³-hybridized carbons (Fsp3) is 0.533. The molecule has 0 aliphatic rings. The number of rotatable bonds is 7. The van der Waals surface area contributed by atoms with Gasteiger partial charge >= 0.3 is 0 Å². The minimum atomic E-state index is -0.329. The van der Waals surface area contributed by atoms with E-state index in [-0.39, 0.29) is 23.7 Å². The Labute approximate surface area is 114 Å². The predicted molar refractivity (Wildman–Crippen MR) is 73.9 cm³/mol. The standard InChI is InChI=1S/C15H22FNO2/c1-5-17(11(2)10-19-4)12(3)15(18)13-6-8-14(16)9-7-13/h6-9,11-12H,5,10H2,1-4H3. The van der Waals surface area contributed by atoms with Crippen LogP contribution < -0.4 is 0 Å². The van der Waals surface area contributed by atoms with Gasteiger partial charge in [0.05, 0.1) is 12.6 Å². The molecule has 1 aromatic carbocycles. The quantitative estimate of drug-likeness (QED) is 0.711. The summed E-state index contributed by atoms with van der Waals surface area (Å²) in [5.41, 5.74) is 0.539. The van der Waals surface area contributed by atoms with Crippen molar-refractivity contribution < 1.29 is 13.9 Å². The number of ketones is 1. The van der Waals surface area contributed by atoms with Crippen molar-refractivity contribution in [3.8, 4) is 0 Å². The van der Waals surface area contributed by atoms with Crippen molar-refractivity contribution in [3.63, 3.8) is 0 Å². The second-order valence-corrected chi connectivity index (χ2v) is 4.68. The van der Waals surface area contributed by atoms with Crippen LogP contribution in [0, 0.1) is 5.82 Å². The lowest BCUT2D eigenvalue weighted by Crippen LogP contribution is -2.46. The highest BCUT2D eigenvalue weighted by Crippen LogP contribution is 2.13. The molecule has 0 radical (unpaired) electrons. The number of carbonyl (C=O) groups excluding carboxylic acids is 1. The molecule has 4 heteroatoms. The van der Waals surface area contributed by atoms with Crippen LogP contribution in [0.5, 0.6) is 0 Å². The molecule has 2 atom stereocenters. The second kappa shape index (κ2) is 7.36. The van der Waals surface area contributed by atoms with E-state index < -0.39 is 0 Å². The molecule has 0 heterocycles. The third kappa shape index (κ3) is 4.11. The summed E-state index contributed by atoms with van der Waals surface area (Å²) < 4.78 is 18.0. The first-order valence-corrected chi connectivity index (χ1v) is 6.55. The van der Waals surface area contributed by atoms with Gasteiger partial charge in [-0.1, -0.05) is 6.92 Å². The number of benzene rings is 1. The number of Topliss-reactive ketones (excluding diaryl/α,β-unsaturated/α-hetero) is 1. The zero-order chi connectivity index (χ0) is 14.4. The van der Waals surface area contributed by atoms with Crippen LogP contribution in [-0.4, -0.2) is 43.0 Å². The second-order valence-electron chi connectivity index (χ2n) is 4.68. The zero-order valence-electron chi connectivity index (χ0n) is 12.0. The minimum absolute atomic E-state index is 0.00445. The van der Waals surface area contributed by atoms with Crippen molar-refractivity contribution in [2.24, 2.45) is 0 Å². The summed E-state index contributed by atoms with van der Waals surface area (Å²) in [4.78, 5) is 14.4. The summed E-state index contributed by atoms with van der Waals surface area (Å²) in [6.45, 7) is 7.26. The molecule has 19 heavy (non-hydrogen) atoms. The largest absolute Gasteiger partial charge is 0.383 e. The molecule has 0 N–H and O–H groups in total. The Morgan fingerprint density at radius 2 is 1.89 bits per heavy atom. The Kier molecular flexibility index (Phi) is 6.12. The number of ether oxygens (including phenoxy) is 1. The lowest BCUT2D eigenvalue weighted by Gasteiger charge is -2.32. The number of halogens is 1. The molecule has 1 aromatic rings. The van der Waals surface area contributed by atoms with Crippen LogP contribution in [0.1, 0.15) is 31.1 Å². The van der Waals surface area contributed by atoms with Crippen LogP contribution in [0.15, 0.2) is 24.3 Å². The Morgan fingerprint density at radius 3 is 2.37 bits per heavy atom. The Balaban J connectivity index is 2.82. The van der Waals surface area contributed by atoms with E-state index in [0.29, 0.717) is 12.2 Å². The van der Waals surface area contributed by atoms with Gasteiger partial charge in [-0.05, 0) is 44.7 Å². The van der Waals surface area contributed by atoms with Gasteiger partial charge in [-0.15, -0.1) is 0 Å². The average molecular weight is 267 g/mol. The third-order valence-electron chi connectivity index (χ3n) is 3.34. The molecule has 0 fully saturated rings. The van der Waals surface area contributed by atoms with E-state index >= 15 is 0 Å². The molecule has 1 rings (SSSR count). The fourth-order valence-electron chi connectivity index (χ4n) is 2.31. The molecule has 0 aromatic heterocycles. The maximum Gasteiger partial charge on any atom is 0.179 e. The summed E-state index contributed by atoms with van der Waals surface area (Å²) in [5, 5.41) is 0. The molecule has 3 nitrogen and oxygen atoms in total. The Bertz CT molecular complexity index is 405. The number of hydrogen-bond donors (Lipinski definition) is 0. The van der Waals surface area contributed by atoms with Gasteiger partial charge in [-0.2, -0.15) is 0 Å². The predicted octanol–water partition coefficient (Wildman–Crippen LogP) is 2.75. The SMILES string of the molecule is CCN(C(C)COC)C(C)C(=O)c1ccc(F)cc1. The maximum absolute atomic E-state index is 12.9. The first-order chi connectivity index (χ1) is 9.01. The van der Waals surface area contributed by atoms with E-state index in [4.69, 9.17) is 4.74 Å². The van der Waals surface area contributed by atoms with Crippen molar-refractivity contribution in [1.82, 2.24) is 4.90 Å². The molecule has 0 spiro atoms. The van der Waals surface area contributed by atoms with E-state index in [2.05, 4.69) is 4.90 Å². The summed E-state index contributed by atoms with van der Waals surface area (Å²) in [5.74, 6) is -0.325. The van der Waals surface area contributed by atoms with Crippen molar-refractivity contribution in [2.75, 3.05) is 20.3 Å². The monoisotopic (exact) mass is 267 g/mol. The lowest BCUT2D eigenvalue weighted by molar-refractivity contribution is 0.0612. The average Bonchev–Trinajstić information content (AvgIpc) is 2.39. The molecule has 106 valence electrons. The highest BCUT2D eigenvalue weighted by molar-refractivity contribution is 5.99. The highest BCUT2D eigenvalue weighted by Gasteiger charge is 2.25. The van der Waals surface area contributed by atoms with E-state index in [1.54, 1.807) is 7.11 Å². The van der Waals surface area contributed by atoms with E-state index in [0.717, 1.165) is 6.54 Å². The van der Waals surface area contributed by atoms with Crippen LogP contribution in [0.4, 0.5) is 4.39 Å². The summed E-state index contributed by atoms with van der Waals surface area (Å²) in [7, 11) is 1.65. The molecular weight excluding hydrogens is 245 g/mol. The normalized spacial score (nSPS) is 14.4. The van der Waals surface area contributed by atoms with E-state index in [1.165, 1.54) is 24.3 Å². The first-order valence-electron chi connectivity index (χ1n) is 6.55. The van der Waals surface area contributed by atoms with Crippen LogP contribution >= 0.6 is 0 Å². The highest BCUT2D eigenvalue weighted by atomic mass is 19.1. The molecule has 0 aliphatic carbocycles. The van der Waals surface area contributed by atoms with Crippen molar-refractivity contribution in [1.29, 1.82) is 0 Å². The topological polar surface area (TPSA) is 29.5 Å². The van der Waals surface area contributed by atoms with Gasteiger partial charge in [-0.25, -0.2) is 4.39 Å². The molecule has 2 unspecified atom stereocenters. The van der Waals surface area contributed by atoms with E-state index in [9.17, 15) is 9.18 Å². The Hall–Kier alpha value is -1.26. The van der Waals surface area contributed by atoms with Gasteiger partial charge < -0.3 is 4.74 Å². The summed E-state index contributed by atoms with van der Waals surface area (Å²) in [6.07, 6.45) is 0. The van der Waals surface area contributed by atoms with Gasteiger partial charge in [0.15, 0.2) is 5.78 Å². The fourth-order valence-corrected chi connectivity index (χ4v) is 2.31. The van der Waals surface area contributed by atoms with Crippen LogP contribution in [0.25, 0.3) is 0 Å². The smallest absolute Gasteiger partial charge is 0.179 e. The first kappa shape index (κ1) is 15.8. The number of hydrogen-bond acceptors (Lipinski definition) is 3. The van der Waals surface area contributed by atoms with Crippen molar-refractivity contribution in [2.45, 2.75) is 32.9 Å². The van der Waals surface area contributed by atoms with Crippen LogP contribution in [0.3, 0.4) is 0 Å². The molecular formula is C15H22FNO2. The van der Waals surface area contributed by atoms with Gasteiger partial charge in [0.1, 0.15) is 5.82 Å². The van der Waals surface area contributed by atoms with Crippen LogP contribution in [0.2, 0.25) is 0 Å². The maximum atomic E-state index is 12.9. The van der Waals surface area contributed by atoms with Crippen LogP contribution in [-0.2, 0) is 4.74 Å². The molecule has 0 aliphatic heterocycles. The van der Waals surface area contributed by atoms with Crippen molar-refractivity contribution in [3.05, 3.63) is 35.6 Å². The number of methoxy groups -OCH3 is 1. The van der Waals surface area contributed by atoms with Gasteiger partial charge in [0, 0.05) is 18.7 Å². The summed E-state index contributed by atoms with van der Waals surface area (Å²) in [6, 6.07) is 5.60.